The van der Waals surface area contributed by atoms with E-state index in [1.54, 1.807) is 6.07 Å². The van der Waals surface area contributed by atoms with E-state index in [4.69, 9.17) is 4.74 Å². The smallest absolute Gasteiger partial charge is 0.294 e. The molecule has 148 valence electrons. The van der Waals surface area contributed by atoms with E-state index in [-0.39, 0.29) is 4.90 Å². The van der Waals surface area contributed by atoms with Gasteiger partial charge in [-0.1, -0.05) is 73.7 Å². The zero-order valence-corrected chi connectivity index (χ0v) is 16.9. The molecule has 0 atom stereocenters. The quantitative estimate of drug-likeness (QED) is 0.392. The van der Waals surface area contributed by atoms with Crippen molar-refractivity contribution in [2.75, 3.05) is 6.61 Å². The van der Waals surface area contributed by atoms with Crippen LogP contribution in [0.1, 0.15) is 55.2 Å². The maximum Gasteiger partial charge on any atom is 0.294 e. The molecule has 0 aromatic heterocycles. The molecule has 0 saturated carbocycles. The highest BCUT2D eigenvalue weighted by atomic mass is 32.2. The summed E-state index contributed by atoms with van der Waals surface area (Å²) < 4.78 is 37.9. The summed E-state index contributed by atoms with van der Waals surface area (Å²) in [7, 11) is -4.14. The first kappa shape index (κ1) is 21.6. The van der Waals surface area contributed by atoms with E-state index in [0.717, 1.165) is 50.7 Å². The molecule has 0 aliphatic carbocycles. The number of hydrogen-bond donors (Lipinski definition) is 1. The second-order valence-corrected chi connectivity index (χ2v) is 8.39. The molecule has 0 heterocycles. The highest BCUT2D eigenvalue weighted by Gasteiger charge is 2.14. The van der Waals surface area contributed by atoms with Crippen molar-refractivity contribution in [1.29, 1.82) is 0 Å². The maximum atomic E-state index is 11.5. The molecule has 0 spiro atoms. The number of rotatable bonds is 12. The van der Waals surface area contributed by atoms with Gasteiger partial charge in [0.25, 0.3) is 10.1 Å². The van der Waals surface area contributed by atoms with Crippen LogP contribution in [-0.4, -0.2) is 19.6 Å². The van der Waals surface area contributed by atoms with E-state index in [0.29, 0.717) is 18.6 Å². The molecule has 2 aromatic carbocycles. The maximum absolute atomic E-state index is 11.5. The first-order chi connectivity index (χ1) is 13.0. The molecule has 0 amide bonds. The third kappa shape index (κ3) is 8.24. The number of ether oxygens (including phenoxy) is 1. The summed E-state index contributed by atoms with van der Waals surface area (Å²) in [4.78, 5) is 0.0451. The van der Waals surface area contributed by atoms with Crippen molar-refractivity contribution >= 4 is 10.1 Å². The molecule has 2 aromatic rings. The molecule has 0 saturated heterocycles. The third-order valence-electron chi connectivity index (χ3n) is 4.59. The van der Waals surface area contributed by atoms with Gasteiger partial charge in [0.2, 0.25) is 0 Å². The molecule has 5 heteroatoms. The molecule has 0 radical (unpaired) electrons. The summed E-state index contributed by atoms with van der Waals surface area (Å²) >= 11 is 0. The lowest BCUT2D eigenvalue weighted by molar-refractivity contribution is 0.116. The Morgan fingerprint density at radius 3 is 2.26 bits per heavy atom. The van der Waals surface area contributed by atoms with Crippen molar-refractivity contribution < 1.29 is 17.7 Å². The van der Waals surface area contributed by atoms with Crippen molar-refractivity contribution in [3.63, 3.8) is 0 Å². The Kier molecular flexibility index (Phi) is 8.98. The summed E-state index contributed by atoms with van der Waals surface area (Å²) in [5.74, 6) is 0. The lowest BCUT2D eigenvalue weighted by atomic mass is 10.0. The first-order valence-corrected chi connectivity index (χ1v) is 11.1. The molecule has 0 bridgehead atoms. The molecule has 0 unspecified atom stereocenters. The molecule has 0 fully saturated rings. The standard InChI is InChI=1S/C22H30O4S/c1-19-14-15-22(27(23,24)25)21(17-19)13-9-4-2-3-5-10-16-26-18-20-11-7-6-8-12-20/h6-8,11-12,14-15,17H,2-5,9-10,13,16,18H2,1H3,(H,23,24,25). The Hall–Kier alpha value is -1.69. The Balaban J connectivity index is 1.56. The molecule has 0 aliphatic rings. The van der Waals surface area contributed by atoms with Gasteiger partial charge in [-0.25, -0.2) is 0 Å². The van der Waals surface area contributed by atoms with E-state index < -0.39 is 10.1 Å². The average Bonchev–Trinajstić information content (AvgIpc) is 2.63. The van der Waals surface area contributed by atoms with Crippen LogP contribution in [-0.2, 0) is 27.9 Å². The normalized spacial score (nSPS) is 11.6. The molecule has 4 nitrogen and oxygen atoms in total. The SMILES string of the molecule is Cc1ccc(S(=O)(=O)O)c(CCCCCCCCOCc2ccccc2)c1. The summed E-state index contributed by atoms with van der Waals surface area (Å²) in [5, 5.41) is 0. The highest BCUT2D eigenvalue weighted by Crippen LogP contribution is 2.20. The van der Waals surface area contributed by atoms with Gasteiger partial charge < -0.3 is 4.74 Å². The van der Waals surface area contributed by atoms with Gasteiger partial charge in [-0.3, -0.25) is 4.55 Å². The third-order valence-corrected chi connectivity index (χ3v) is 5.54. The molecular weight excluding hydrogens is 360 g/mol. The lowest BCUT2D eigenvalue weighted by Gasteiger charge is -2.08. The van der Waals surface area contributed by atoms with E-state index in [2.05, 4.69) is 12.1 Å². The number of hydrogen-bond acceptors (Lipinski definition) is 3. The van der Waals surface area contributed by atoms with Gasteiger partial charge in [0.05, 0.1) is 11.5 Å². The van der Waals surface area contributed by atoms with Gasteiger partial charge >= 0.3 is 0 Å². The number of aryl methyl sites for hydroxylation is 2. The van der Waals surface area contributed by atoms with Crippen LogP contribution < -0.4 is 0 Å². The zero-order valence-electron chi connectivity index (χ0n) is 16.1. The van der Waals surface area contributed by atoms with Gasteiger partial charge in [0.1, 0.15) is 0 Å². The summed E-state index contributed by atoms with van der Waals surface area (Å²) in [5.41, 5.74) is 2.93. The molecule has 2 rings (SSSR count). The van der Waals surface area contributed by atoms with Crippen molar-refractivity contribution in [1.82, 2.24) is 0 Å². The van der Waals surface area contributed by atoms with E-state index >= 15 is 0 Å². The van der Waals surface area contributed by atoms with Crippen LogP contribution in [0.3, 0.4) is 0 Å². The molecule has 0 aliphatic heterocycles. The Morgan fingerprint density at radius 1 is 0.889 bits per heavy atom. The lowest BCUT2D eigenvalue weighted by Crippen LogP contribution is -2.03. The minimum Gasteiger partial charge on any atom is -0.377 e. The molecular formula is C22H30O4S. The van der Waals surface area contributed by atoms with Gasteiger partial charge in [0.15, 0.2) is 0 Å². The monoisotopic (exact) mass is 390 g/mol. The van der Waals surface area contributed by atoms with Crippen molar-refractivity contribution in [3.05, 3.63) is 65.2 Å². The van der Waals surface area contributed by atoms with Crippen LogP contribution in [0, 0.1) is 6.92 Å². The second kappa shape index (κ2) is 11.2. The van der Waals surface area contributed by atoms with E-state index in [1.165, 1.54) is 11.6 Å². The predicted molar refractivity (Wildman–Crippen MR) is 108 cm³/mol. The highest BCUT2D eigenvalue weighted by molar-refractivity contribution is 7.85. The fraction of sp³-hybridized carbons (Fsp3) is 0.455. The van der Waals surface area contributed by atoms with Crippen molar-refractivity contribution in [2.45, 2.75) is 63.4 Å². The summed E-state index contributed by atoms with van der Waals surface area (Å²) in [6.07, 6.45) is 7.17. The van der Waals surface area contributed by atoms with Crippen LogP contribution in [0.4, 0.5) is 0 Å². The summed E-state index contributed by atoms with van der Waals surface area (Å²) in [6, 6.07) is 15.3. The number of benzene rings is 2. The number of unbranched alkanes of at least 4 members (excludes halogenated alkanes) is 5. The average molecular weight is 391 g/mol. The summed E-state index contributed by atoms with van der Waals surface area (Å²) in [6.45, 7) is 3.39. The van der Waals surface area contributed by atoms with Crippen LogP contribution in [0.5, 0.6) is 0 Å². The zero-order chi connectivity index (χ0) is 19.5. The Morgan fingerprint density at radius 2 is 1.56 bits per heavy atom. The minimum atomic E-state index is -4.14. The van der Waals surface area contributed by atoms with E-state index in [1.807, 2.05) is 31.2 Å². The van der Waals surface area contributed by atoms with Crippen LogP contribution >= 0.6 is 0 Å². The minimum absolute atomic E-state index is 0.0451. The fourth-order valence-corrected chi connectivity index (χ4v) is 3.88. The molecule has 27 heavy (non-hydrogen) atoms. The second-order valence-electron chi connectivity index (χ2n) is 7.00. The van der Waals surface area contributed by atoms with Gasteiger partial charge in [-0.05, 0) is 43.4 Å². The van der Waals surface area contributed by atoms with Gasteiger partial charge in [-0.15, -0.1) is 0 Å². The Labute approximate surface area is 163 Å². The first-order valence-electron chi connectivity index (χ1n) is 9.65. The van der Waals surface area contributed by atoms with Crippen LogP contribution in [0.2, 0.25) is 0 Å². The fourth-order valence-electron chi connectivity index (χ4n) is 3.15. The van der Waals surface area contributed by atoms with Gasteiger partial charge in [-0.2, -0.15) is 8.42 Å². The largest absolute Gasteiger partial charge is 0.377 e. The van der Waals surface area contributed by atoms with Crippen molar-refractivity contribution in [3.8, 4) is 0 Å². The van der Waals surface area contributed by atoms with Crippen molar-refractivity contribution in [2.24, 2.45) is 0 Å². The molecule has 1 N–H and O–H groups in total. The van der Waals surface area contributed by atoms with Crippen LogP contribution in [0.25, 0.3) is 0 Å². The van der Waals surface area contributed by atoms with Gasteiger partial charge in [0, 0.05) is 6.61 Å². The topological polar surface area (TPSA) is 63.6 Å². The predicted octanol–water partition coefficient (Wildman–Crippen LogP) is 5.34. The van der Waals surface area contributed by atoms with E-state index in [9.17, 15) is 13.0 Å². The Bertz CT molecular complexity index is 785. The van der Waals surface area contributed by atoms with Crippen LogP contribution in [0.15, 0.2) is 53.4 Å².